The molecule has 0 saturated heterocycles. The number of pyridine rings is 1. The fraction of sp³-hybridized carbons (Fsp3) is 0.0690. The van der Waals surface area contributed by atoms with Gasteiger partial charge in [0, 0.05) is 22.7 Å². The van der Waals surface area contributed by atoms with Crippen LogP contribution in [0.5, 0.6) is 0 Å². The molecule has 0 aliphatic heterocycles. The lowest BCUT2D eigenvalue weighted by Gasteiger charge is -2.10. The van der Waals surface area contributed by atoms with Crippen molar-refractivity contribution in [3.8, 4) is 22.6 Å². The molecule has 2 nitrogen and oxygen atoms in total. The second kappa shape index (κ2) is 6.82. The number of benzene rings is 4. The fourth-order valence-electron chi connectivity index (χ4n) is 4.75. The molecule has 2 heteroatoms. The van der Waals surface area contributed by atoms with Crippen molar-refractivity contribution in [2.75, 3.05) is 0 Å². The summed E-state index contributed by atoms with van der Waals surface area (Å²) in [6.45, 7) is 4.26. The average Bonchev–Trinajstić information content (AvgIpc) is 3.22. The van der Waals surface area contributed by atoms with Crippen molar-refractivity contribution >= 4 is 32.5 Å². The Morgan fingerprint density at radius 3 is 2.16 bits per heavy atom. The Hall–Kier alpha value is -3.91. The minimum absolute atomic E-state index is 0.861. The number of hydrogen-bond acceptors (Lipinski definition) is 2. The van der Waals surface area contributed by atoms with Gasteiger partial charge < -0.3 is 4.42 Å². The second-order valence-electron chi connectivity index (χ2n) is 8.14. The summed E-state index contributed by atoms with van der Waals surface area (Å²) in [5.74, 6) is 0.893. The van der Waals surface area contributed by atoms with E-state index < -0.39 is 0 Å². The van der Waals surface area contributed by atoms with E-state index in [0.29, 0.717) is 0 Å². The van der Waals surface area contributed by atoms with E-state index in [1.165, 1.54) is 32.7 Å². The molecule has 0 amide bonds. The van der Waals surface area contributed by atoms with Crippen LogP contribution in [0.3, 0.4) is 0 Å². The molecule has 2 aromatic heterocycles. The maximum Gasteiger partial charge on any atom is 0.138 e. The molecule has 0 radical (unpaired) electrons. The minimum Gasteiger partial charge on any atom is -0.456 e. The molecule has 6 rings (SSSR count). The van der Waals surface area contributed by atoms with Gasteiger partial charge in [-0.25, -0.2) is 0 Å². The Kier molecular flexibility index (Phi) is 3.94. The standard InChI is InChI=1S/C29H21NO/c1-18-8-7-9-19(2)28(18)27-17-25-26(31-27)14-15-30-29(25)24-16-20-10-3-4-11-21(20)22-12-5-6-13-23(22)24/h3-17H,1-2H3. The Bertz CT molecular complexity index is 1590. The molecule has 0 unspecified atom stereocenters. The summed E-state index contributed by atoms with van der Waals surface area (Å²) in [7, 11) is 0. The van der Waals surface area contributed by atoms with Gasteiger partial charge >= 0.3 is 0 Å². The lowest BCUT2D eigenvalue weighted by Crippen LogP contribution is -1.88. The van der Waals surface area contributed by atoms with Gasteiger partial charge in [0.05, 0.1) is 5.69 Å². The van der Waals surface area contributed by atoms with Gasteiger partial charge in [0.2, 0.25) is 0 Å². The maximum atomic E-state index is 6.34. The van der Waals surface area contributed by atoms with Gasteiger partial charge in [-0.1, -0.05) is 66.7 Å². The number of rotatable bonds is 2. The molecule has 0 aliphatic carbocycles. The van der Waals surface area contributed by atoms with Crippen molar-refractivity contribution < 1.29 is 4.42 Å². The SMILES string of the molecule is Cc1cccc(C)c1-c1cc2c(-c3cc4ccccc4c4ccccc34)nccc2o1. The zero-order valence-corrected chi connectivity index (χ0v) is 17.5. The van der Waals surface area contributed by atoms with Gasteiger partial charge in [-0.2, -0.15) is 0 Å². The lowest BCUT2D eigenvalue weighted by molar-refractivity contribution is 0.630. The fourth-order valence-corrected chi connectivity index (χ4v) is 4.75. The largest absolute Gasteiger partial charge is 0.456 e. The van der Waals surface area contributed by atoms with E-state index >= 15 is 0 Å². The summed E-state index contributed by atoms with van der Waals surface area (Å²) in [5.41, 5.74) is 6.54. The molecule has 6 aromatic rings. The first-order valence-electron chi connectivity index (χ1n) is 10.6. The molecular formula is C29H21NO. The highest BCUT2D eigenvalue weighted by molar-refractivity contribution is 6.15. The molecule has 31 heavy (non-hydrogen) atoms. The van der Waals surface area contributed by atoms with E-state index in [2.05, 4.69) is 92.7 Å². The molecule has 2 heterocycles. The van der Waals surface area contributed by atoms with Crippen LogP contribution in [0.2, 0.25) is 0 Å². The van der Waals surface area contributed by atoms with E-state index in [4.69, 9.17) is 9.40 Å². The van der Waals surface area contributed by atoms with Crippen molar-refractivity contribution in [1.82, 2.24) is 4.98 Å². The first-order valence-corrected chi connectivity index (χ1v) is 10.6. The van der Waals surface area contributed by atoms with Gasteiger partial charge in [-0.05, 0) is 64.7 Å². The maximum absolute atomic E-state index is 6.34. The molecule has 4 aromatic carbocycles. The molecule has 148 valence electrons. The van der Waals surface area contributed by atoms with Crippen LogP contribution in [0.25, 0.3) is 55.1 Å². The number of furan rings is 1. The van der Waals surface area contributed by atoms with Crippen LogP contribution in [0.4, 0.5) is 0 Å². The third-order valence-electron chi connectivity index (χ3n) is 6.20. The Balaban J connectivity index is 1.67. The second-order valence-corrected chi connectivity index (χ2v) is 8.14. The van der Waals surface area contributed by atoms with Crippen molar-refractivity contribution in [2.45, 2.75) is 13.8 Å². The predicted octanol–water partition coefficient (Wildman–Crippen LogP) is 8.09. The van der Waals surface area contributed by atoms with Crippen LogP contribution >= 0.6 is 0 Å². The van der Waals surface area contributed by atoms with Crippen molar-refractivity contribution in [3.05, 3.63) is 102 Å². The molecule has 0 bridgehead atoms. The van der Waals surface area contributed by atoms with Crippen LogP contribution < -0.4 is 0 Å². The molecule has 0 atom stereocenters. The molecule has 0 aliphatic rings. The van der Waals surface area contributed by atoms with Crippen LogP contribution in [0.15, 0.2) is 95.5 Å². The first kappa shape index (κ1) is 17.9. The van der Waals surface area contributed by atoms with Crippen LogP contribution in [-0.4, -0.2) is 4.98 Å². The van der Waals surface area contributed by atoms with E-state index in [1.54, 1.807) is 0 Å². The minimum atomic E-state index is 0.861. The summed E-state index contributed by atoms with van der Waals surface area (Å²) in [6.07, 6.45) is 1.85. The number of nitrogens with zero attached hydrogens (tertiary/aromatic N) is 1. The first-order chi connectivity index (χ1) is 15.2. The zero-order valence-electron chi connectivity index (χ0n) is 17.5. The highest BCUT2D eigenvalue weighted by Gasteiger charge is 2.17. The number of aromatic nitrogens is 1. The number of fused-ring (bicyclic) bond motifs is 4. The Labute approximate surface area is 180 Å². The Morgan fingerprint density at radius 2 is 1.35 bits per heavy atom. The predicted molar refractivity (Wildman–Crippen MR) is 129 cm³/mol. The molecule has 0 N–H and O–H groups in total. The number of hydrogen-bond donors (Lipinski definition) is 0. The highest BCUT2D eigenvalue weighted by atomic mass is 16.3. The molecular weight excluding hydrogens is 378 g/mol. The van der Waals surface area contributed by atoms with E-state index in [0.717, 1.165) is 33.6 Å². The average molecular weight is 399 g/mol. The third kappa shape index (κ3) is 2.76. The monoisotopic (exact) mass is 399 g/mol. The molecule has 0 fully saturated rings. The Morgan fingerprint density at radius 1 is 0.645 bits per heavy atom. The molecule has 0 saturated carbocycles. The highest BCUT2D eigenvalue weighted by Crippen LogP contribution is 2.39. The van der Waals surface area contributed by atoms with Crippen molar-refractivity contribution in [2.24, 2.45) is 0 Å². The zero-order chi connectivity index (χ0) is 20.9. The van der Waals surface area contributed by atoms with Crippen LogP contribution in [0, 0.1) is 13.8 Å². The van der Waals surface area contributed by atoms with Crippen LogP contribution in [-0.2, 0) is 0 Å². The summed E-state index contributed by atoms with van der Waals surface area (Å²) >= 11 is 0. The van der Waals surface area contributed by atoms with Gasteiger partial charge in [0.15, 0.2) is 0 Å². The summed E-state index contributed by atoms with van der Waals surface area (Å²) < 4.78 is 6.34. The van der Waals surface area contributed by atoms with Gasteiger partial charge in [0.1, 0.15) is 11.3 Å². The summed E-state index contributed by atoms with van der Waals surface area (Å²) in [4.78, 5) is 4.83. The topological polar surface area (TPSA) is 26.0 Å². The van der Waals surface area contributed by atoms with Crippen molar-refractivity contribution in [3.63, 3.8) is 0 Å². The van der Waals surface area contributed by atoms with Gasteiger partial charge in [-0.3, -0.25) is 4.98 Å². The van der Waals surface area contributed by atoms with Crippen molar-refractivity contribution in [1.29, 1.82) is 0 Å². The number of aryl methyl sites for hydroxylation is 2. The normalized spacial score (nSPS) is 11.5. The van der Waals surface area contributed by atoms with Gasteiger partial charge in [0.25, 0.3) is 0 Å². The van der Waals surface area contributed by atoms with E-state index in [-0.39, 0.29) is 0 Å². The molecule has 0 spiro atoms. The summed E-state index contributed by atoms with van der Waals surface area (Å²) in [5, 5.41) is 5.97. The van der Waals surface area contributed by atoms with Gasteiger partial charge in [-0.15, -0.1) is 0 Å². The summed E-state index contributed by atoms with van der Waals surface area (Å²) in [6, 6.07) is 29.8. The van der Waals surface area contributed by atoms with E-state index in [9.17, 15) is 0 Å². The smallest absolute Gasteiger partial charge is 0.138 e. The quantitative estimate of drug-likeness (QED) is 0.275. The third-order valence-corrected chi connectivity index (χ3v) is 6.20. The van der Waals surface area contributed by atoms with E-state index in [1.807, 2.05) is 12.3 Å². The lowest BCUT2D eigenvalue weighted by atomic mass is 9.94. The van der Waals surface area contributed by atoms with Crippen LogP contribution in [0.1, 0.15) is 11.1 Å².